The van der Waals surface area contributed by atoms with Gasteiger partial charge in [0.15, 0.2) is 0 Å². The zero-order chi connectivity index (χ0) is 15.9. The van der Waals surface area contributed by atoms with Gasteiger partial charge in [-0.3, -0.25) is 9.36 Å². The Bertz CT molecular complexity index is 954. The highest BCUT2D eigenvalue weighted by molar-refractivity contribution is 6.03. The van der Waals surface area contributed by atoms with Gasteiger partial charge in [-0.1, -0.05) is 24.3 Å². The average Bonchev–Trinajstić information content (AvgIpc) is 2.50. The zero-order valence-electron chi connectivity index (χ0n) is 12.3. The van der Waals surface area contributed by atoms with Crippen molar-refractivity contribution in [3.63, 3.8) is 0 Å². The third-order valence-electron chi connectivity index (χ3n) is 3.92. The topological polar surface area (TPSA) is 59.3 Å². The molecule has 110 valence electrons. The van der Waals surface area contributed by atoms with Crippen LogP contribution in [-0.2, 0) is 0 Å². The van der Waals surface area contributed by atoms with Gasteiger partial charge in [-0.25, -0.2) is 4.79 Å². The van der Waals surface area contributed by atoms with Crippen molar-refractivity contribution in [2.24, 2.45) is 0 Å². The molecule has 22 heavy (non-hydrogen) atoms. The van der Waals surface area contributed by atoms with Crippen molar-refractivity contribution in [3.8, 4) is 5.69 Å². The lowest BCUT2D eigenvalue weighted by Crippen LogP contribution is -2.20. The first-order valence-electron chi connectivity index (χ1n) is 6.94. The van der Waals surface area contributed by atoms with E-state index in [4.69, 9.17) is 0 Å². The van der Waals surface area contributed by atoms with Gasteiger partial charge in [0, 0.05) is 22.7 Å². The Kier molecular flexibility index (Phi) is 3.29. The second-order valence-electron chi connectivity index (χ2n) is 5.34. The summed E-state index contributed by atoms with van der Waals surface area (Å²) in [5.74, 6) is -1.05. The number of carboxylic acids is 1. The van der Waals surface area contributed by atoms with E-state index < -0.39 is 5.97 Å². The van der Waals surface area contributed by atoms with Crippen molar-refractivity contribution >= 4 is 16.7 Å². The van der Waals surface area contributed by atoms with Gasteiger partial charge in [0.1, 0.15) is 0 Å². The normalized spacial score (nSPS) is 10.8. The summed E-state index contributed by atoms with van der Waals surface area (Å²) < 4.78 is 1.40. The largest absolute Gasteiger partial charge is 0.478 e. The molecule has 0 spiro atoms. The smallest absolute Gasteiger partial charge is 0.337 e. The summed E-state index contributed by atoms with van der Waals surface area (Å²) in [5.41, 5.74) is 2.74. The number of aryl methyl sites for hydroxylation is 2. The van der Waals surface area contributed by atoms with E-state index in [9.17, 15) is 14.7 Å². The zero-order valence-corrected chi connectivity index (χ0v) is 12.3. The summed E-state index contributed by atoms with van der Waals surface area (Å²) in [7, 11) is 0. The van der Waals surface area contributed by atoms with E-state index in [-0.39, 0.29) is 11.1 Å². The van der Waals surface area contributed by atoms with Crippen LogP contribution in [0.3, 0.4) is 0 Å². The molecule has 0 amide bonds. The predicted molar refractivity (Wildman–Crippen MR) is 86.0 cm³/mol. The highest BCUT2D eigenvalue weighted by Gasteiger charge is 2.14. The average molecular weight is 293 g/mol. The molecule has 4 nitrogen and oxygen atoms in total. The minimum absolute atomic E-state index is 0.119. The number of fused-ring (bicyclic) bond motifs is 1. The number of benzene rings is 2. The van der Waals surface area contributed by atoms with Crippen LogP contribution in [0.4, 0.5) is 0 Å². The minimum atomic E-state index is -1.05. The molecule has 0 aliphatic heterocycles. The first kappa shape index (κ1) is 14.1. The molecule has 0 bridgehead atoms. The molecule has 0 saturated heterocycles. The number of hydrogen-bond donors (Lipinski definition) is 1. The summed E-state index contributed by atoms with van der Waals surface area (Å²) in [6, 6.07) is 12.4. The Morgan fingerprint density at radius 1 is 1.00 bits per heavy atom. The summed E-state index contributed by atoms with van der Waals surface area (Å²) in [5, 5.41) is 10.3. The Labute approximate surface area is 127 Å². The molecule has 3 aromatic rings. The fourth-order valence-electron chi connectivity index (χ4n) is 2.53. The van der Waals surface area contributed by atoms with Gasteiger partial charge >= 0.3 is 5.97 Å². The molecule has 1 N–H and O–H groups in total. The first-order valence-corrected chi connectivity index (χ1v) is 6.94. The number of carbonyl (C=O) groups is 1. The SMILES string of the molecule is Cc1ccc(-n2cc(C(=O)O)c3ccccc3c2=O)cc1C. The van der Waals surface area contributed by atoms with E-state index in [1.165, 1.54) is 10.8 Å². The van der Waals surface area contributed by atoms with Gasteiger partial charge in [0.25, 0.3) is 5.56 Å². The second kappa shape index (κ2) is 5.15. The molecule has 2 aromatic carbocycles. The minimum Gasteiger partial charge on any atom is -0.478 e. The van der Waals surface area contributed by atoms with E-state index >= 15 is 0 Å². The van der Waals surface area contributed by atoms with Gasteiger partial charge in [-0.2, -0.15) is 0 Å². The first-order chi connectivity index (χ1) is 10.5. The fraction of sp³-hybridized carbons (Fsp3) is 0.111. The summed E-state index contributed by atoms with van der Waals surface area (Å²) in [6.07, 6.45) is 1.40. The molecular formula is C18H15NO3. The molecule has 0 radical (unpaired) electrons. The van der Waals surface area contributed by atoms with E-state index in [0.29, 0.717) is 16.5 Å². The molecule has 1 aromatic heterocycles. The number of pyridine rings is 1. The van der Waals surface area contributed by atoms with Crippen molar-refractivity contribution in [1.82, 2.24) is 4.57 Å². The Balaban J connectivity index is 2.39. The maximum absolute atomic E-state index is 12.7. The summed E-state index contributed by atoms with van der Waals surface area (Å²) >= 11 is 0. The molecule has 0 atom stereocenters. The highest BCUT2D eigenvalue weighted by Crippen LogP contribution is 2.19. The van der Waals surface area contributed by atoms with Crippen molar-refractivity contribution in [2.45, 2.75) is 13.8 Å². The van der Waals surface area contributed by atoms with E-state index in [1.807, 2.05) is 32.0 Å². The van der Waals surface area contributed by atoms with Gasteiger partial charge in [-0.15, -0.1) is 0 Å². The van der Waals surface area contributed by atoms with Crippen LogP contribution in [0.5, 0.6) is 0 Å². The Morgan fingerprint density at radius 3 is 2.32 bits per heavy atom. The quantitative estimate of drug-likeness (QED) is 0.788. The van der Waals surface area contributed by atoms with Crippen molar-refractivity contribution in [1.29, 1.82) is 0 Å². The van der Waals surface area contributed by atoms with E-state index in [1.54, 1.807) is 24.3 Å². The number of aromatic carboxylic acids is 1. The Hall–Kier alpha value is -2.88. The molecule has 4 heteroatoms. The van der Waals surface area contributed by atoms with E-state index in [2.05, 4.69) is 0 Å². The molecule has 0 unspecified atom stereocenters. The molecule has 0 aliphatic rings. The molecule has 1 heterocycles. The number of rotatable bonds is 2. The highest BCUT2D eigenvalue weighted by atomic mass is 16.4. The van der Waals surface area contributed by atoms with Gasteiger partial charge < -0.3 is 5.11 Å². The van der Waals surface area contributed by atoms with Crippen LogP contribution in [-0.4, -0.2) is 15.6 Å². The van der Waals surface area contributed by atoms with Crippen molar-refractivity contribution < 1.29 is 9.90 Å². The second-order valence-corrected chi connectivity index (χ2v) is 5.34. The maximum atomic E-state index is 12.7. The van der Waals surface area contributed by atoms with Crippen LogP contribution in [0.2, 0.25) is 0 Å². The van der Waals surface area contributed by atoms with Crippen LogP contribution in [0.15, 0.2) is 53.5 Å². The monoisotopic (exact) mass is 293 g/mol. The third kappa shape index (κ3) is 2.19. The summed E-state index contributed by atoms with van der Waals surface area (Å²) in [6.45, 7) is 3.95. The van der Waals surface area contributed by atoms with Gasteiger partial charge in [0.2, 0.25) is 0 Å². The number of aromatic nitrogens is 1. The standard InChI is InChI=1S/C18H15NO3/c1-11-7-8-13(9-12(11)2)19-10-16(18(21)22)14-5-3-4-6-15(14)17(19)20/h3-10H,1-2H3,(H,21,22). The number of nitrogens with zero attached hydrogens (tertiary/aromatic N) is 1. The maximum Gasteiger partial charge on any atom is 0.337 e. The lowest BCUT2D eigenvalue weighted by atomic mass is 10.1. The molecule has 0 saturated carbocycles. The van der Waals surface area contributed by atoms with Crippen LogP contribution < -0.4 is 5.56 Å². The Morgan fingerprint density at radius 2 is 1.68 bits per heavy atom. The lowest BCUT2D eigenvalue weighted by molar-refractivity contribution is 0.0698. The molecule has 0 aliphatic carbocycles. The predicted octanol–water partition coefficient (Wildman–Crippen LogP) is 3.31. The van der Waals surface area contributed by atoms with Crippen LogP contribution in [0, 0.1) is 13.8 Å². The summed E-state index contributed by atoms with van der Waals surface area (Å²) in [4.78, 5) is 24.2. The van der Waals surface area contributed by atoms with Crippen LogP contribution in [0.25, 0.3) is 16.5 Å². The van der Waals surface area contributed by atoms with Crippen LogP contribution in [0.1, 0.15) is 21.5 Å². The van der Waals surface area contributed by atoms with Crippen molar-refractivity contribution in [2.75, 3.05) is 0 Å². The molecular weight excluding hydrogens is 278 g/mol. The molecule has 3 rings (SSSR count). The lowest BCUT2D eigenvalue weighted by Gasteiger charge is -2.11. The number of hydrogen-bond acceptors (Lipinski definition) is 2. The fourth-order valence-corrected chi connectivity index (χ4v) is 2.53. The third-order valence-corrected chi connectivity index (χ3v) is 3.92. The van der Waals surface area contributed by atoms with Crippen LogP contribution >= 0.6 is 0 Å². The van der Waals surface area contributed by atoms with Gasteiger partial charge in [0.05, 0.1) is 5.56 Å². The number of carboxylic acid groups (broad SMARTS) is 1. The van der Waals surface area contributed by atoms with Crippen molar-refractivity contribution in [3.05, 3.63) is 75.7 Å². The van der Waals surface area contributed by atoms with Gasteiger partial charge in [-0.05, 0) is 43.2 Å². The molecule has 0 fully saturated rings. The van der Waals surface area contributed by atoms with E-state index in [0.717, 1.165) is 11.1 Å².